The Morgan fingerprint density at radius 3 is 1.48 bits per heavy atom. The highest BCUT2D eigenvalue weighted by atomic mass is 16.5. The number of hydrogen-bond acceptors (Lipinski definition) is 6. The molecular weight excluding hydrogens is 320 g/mol. The lowest BCUT2D eigenvalue weighted by atomic mass is 10.2. The molecule has 134 valence electrons. The fraction of sp³-hybridized carbons (Fsp3) is 0.368. The van der Waals surface area contributed by atoms with Crippen molar-refractivity contribution in [3.8, 4) is 11.5 Å². The fourth-order valence-corrected chi connectivity index (χ4v) is 3.05. The van der Waals surface area contributed by atoms with E-state index in [0.717, 1.165) is 41.9 Å². The van der Waals surface area contributed by atoms with Gasteiger partial charge in [0.15, 0.2) is 0 Å². The summed E-state index contributed by atoms with van der Waals surface area (Å²) in [6.45, 7) is 0.847. The van der Waals surface area contributed by atoms with Crippen molar-refractivity contribution in [2.24, 2.45) is 0 Å². The van der Waals surface area contributed by atoms with Crippen LogP contribution in [0.4, 0.5) is 0 Å². The van der Waals surface area contributed by atoms with Crippen molar-refractivity contribution in [1.82, 2.24) is 11.0 Å². The zero-order valence-electron chi connectivity index (χ0n) is 14.0. The normalized spacial score (nSPS) is 19.8. The lowest BCUT2D eigenvalue weighted by molar-refractivity contribution is 0.160. The highest BCUT2D eigenvalue weighted by Gasteiger charge is 2.27. The molecule has 1 saturated carbocycles. The van der Waals surface area contributed by atoms with E-state index in [4.69, 9.17) is 19.9 Å². The van der Waals surface area contributed by atoms with Crippen LogP contribution in [0.15, 0.2) is 48.5 Å². The van der Waals surface area contributed by atoms with Gasteiger partial charge >= 0.3 is 0 Å². The maximum absolute atomic E-state index is 8.70. The van der Waals surface area contributed by atoms with Crippen LogP contribution in [0.25, 0.3) is 0 Å². The molecule has 3 rings (SSSR count). The van der Waals surface area contributed by atoms with Gasteiger partial charge in [0.25, 0.3) is 0 Å². The predicted octanol–water partition coefficient (Wildman–Crippen LogP) is 3.02. The molecule has 0 radical (unpaired) electrons. The van der Waals surface area contributed by atoms with Crippen molar-refractivity contribution in [3.63, 3.8) is 0 Å². The molecule has 0 aromatic heterocycles. The quantitative estimate of drug-likeness (QED) is 0.551. The molecule has 4 N–H and O–H groups in total. The van der Waals surface area contributed by atoms with Crippen LogP contribution in [0.5, 0.6) is 11.5 Å². The summed E-state index contributed by atoms with van der Waals surface area (Å²) in [5.41, 5.74) is 6.29. The molecular formula is C19H24N2O4. The van der Waals surface area contributed by atoms with Gasteiger partial charge in [-0.1, -0.05) is 24.3 Å². The molecule has 1 aliphatic carbocycles. The van der Waals surface area contributed by atoms with E-state index in [1.807, 2.05) is 48.5 Å². The van der Waals surface area contributed by atoms with Gasteiger partial charge in [0.1, 0.15) is 23.7 Å². The summed E-state index contributed by atoms with van der Waals surface area (Å²) < 4.78 is 12.1. The van der Waals surface area contributed by atoms with Gasteiger partial charge in [-0.3, -0.25) is 0 Å². The minimum atomic E-state index is 0.157. The van der Waals surface area contributed by atoms with Crippen LogP contribution in [0.2, 0.25) is 0 Å². The second-order valence-electron chi connectivity index (χ2n) is 6.25. The monoisotopic (exact) mass is 344 g/mol. The highest BCUT2D eigenvalue weighted by molar-refractivity contribution is 5.28. The number of hydroxylamine groups is 2. The second-order valence-corrected chi connectivity index (χ2v) is 6.25. The average Bonchev–Trinajstić information content (AvgIpc) is 3.06. The zero-order valence-corrected chi connectivity index (χ0v) is 14.0. The van der Waals surface area contributed by atoms with E-state index in [-0.39, 0.29) is 12.2 Å². The maximum Gasteiger partial charge on any atom is 0.119 e. The third-order valence-electron chi connectivity index (χ3n) is 4.35. The van der Waals surface area contributed by atoms with Crippen LogP contribution in [0.3, 0.4) is 0 Å². The molecule has 2 atom stereocenters. The minimum Gasteiger partial charge on any atom is -0.490 e. The van der Waals surface area contributed by atoms with E-state index in [1.165, 1.54) is 0 Å². The number of ether oxygens (including phenoxy) is 2. The van der Waals surface area contributed by atoms with Crippen molar-refractivity contribution in [3.05, 3.63) is 59.7 Å². The lowest BCUT2D eigenvalue weighted by Crippen LogP contribution is -2.17. The van der Waals surface area contributed by atoms with E-state index in [9.17, 15) is 0 Å². The predicted molar refractivity (Wildman–Crippen MR) is 92.8 cm³/mol. The van der Waals surface area contributed by atoms with E-state index >= 15 is 0 Å². The zero-order chi connectivity index (χ0) is 17.5. The Labute approximate surface area is 147 Å². The Morgan fingerprint density at radius 2 is 1.12 bits per heavy atom. The molecule has 0 bridgehead atoms. The maximum atomic E-state index is 8.70. The largest absolute Gasteiger partial charge is 0.490 e. The number of rotatable bonds is 8. The van der Waals surface area contributed by atoms with Gasteiger partial charge in [-0.25, -0.2) is 11.0 Å². The summed E-state index contributed by atoms with van der Waals surface area (Å²) in [4.78, 5) is 0. The van der Waals surface area contributed by atoms with E-state index in [2.05, 4.69) is 11.0 Å². The Balaban J connectivity index is 1.48. The van der Waals surface area contributed by atoms with E-state index < -0.39 is 0 Å². The van der Waals surface area contributed by atoms with Gasteiger partial charge in [-0.05, 0) is 48.2 Å². The minimum absolute atomic E-state index is 0.157. The number of nitrogens with one attached hydrogen (secondary N) is 2. The molecule has 0 amide bonds. The van der Waals surface area contributed by atoms with Gasteiger partial charge in [0, 0.05) is 19.5 Å². The van der Waals surface area contributed by atoms with Crippen molar-refractivity contribution in [2.45, 2.75) is 44.6 Å². The Bertz CT molecular complexity index is 588. The summed E-state index contributed by atoms with van der Waals surface area (Å²) in [5.74, 6) is 1.68. The van der Waals surface area contributed by atoms with Crippen molar-refractivity contribution in [2.75, 3.05) is 0 Å². The molecule has 0 saturated heterocycles. The van der Waals surface area contributed by atoms with Crippen LogP contribution in [-0.2, 0) is 13.1 Å². The van der Waals surface area contributed by atoms with Gasteiger partial charge in [0.05, 0.1) is 0 Å². The van der Waals surface area contributed by atoms with Crippen LogP contribution < -0.4 is 20.4 Å². The van der Waals surface area contributed by atoms with E-state index in [1.54, 1.807) is 0 Å². The van der Waals surface area contributed by atoms with Gasteiger partial charge in [0.2, 0.25) is 0 Å². The summed E-state index contributed by atoms with van der Waals surface area (Å²) in [6.07, 6.45) is 3.11. The number of hydrogen-bond donors (Lipinski definition) is 4. The number of benzene rings is 2. The van der Waals surface area contributed by atoms with Crippen LogP contribution in [-0.4, -0.2) is 22.6 Å². The van der Waals surface area contributed by atoms with Crippen LogP contribution in [0.1, 0.15) is 30.4 Å². The molecule has 0 heterocycles. The molecule has 1 aliphatic rings. The third-order valence-corrected chi connectivity index (χ3v) is 4.35. The first-order valence-electron chi connectivity index (χ1n) is 8.52. The van der Waals surface area contributed by atoms with Crippen molar-refractivity contribution < 1.29 is 19.9 Å². The fourth-order valence-electron chi connectivity index (χ4n) is 3.05. The van der Waals surface area contributed by atoms with Crippen LogP contribution in [0, 0.1) is 0 Å². The average molecular weight is 344 g/mol. The van der Waals surface area contributed by atoms with E-state index in [0.29, 0.717) is 13.1 Å². The SMILES string of the molecule is ONCc1ccc(OC2CCC(Oc3ccc(CNO)cc3)C2)cc1. The summed E-state index contributed by atoms with van der Waals surface area (Å²) >= 11 is 0. The molecule has 2 aromatic rings. The topological polar surface area (TPSA) is 83.0 Å². The Morgan fingerprint density at radius 1 is 0.720 bits per heavy atom. The Hall–Kier alpha value is -2.12. The first-order valence-corrected chi connectivity index (χ1v) is 8.52. The lowest BCUT2D eigenvalue weighted by Gasteiger charge is -2.16. The first-order chi connectivity index (χ1) is 12.3. The first kappa shape index (κ1) is 17.7. The summed E-state index contributed by atoms with van der Waals surface area (Å²) in [5, 5.41) is 17.4. The van der Waals surface area contributed by atoms with Gasteiger partial charge in [-0.2, -0.15) is 0 Å². The summed E-state index contributed by atoms with van der Waals surface area (Å²) in [7, 11) is 0. The van der Waals surface area contributed by atoms with Crippen molar-refractivity contribution in [1.29, 1.82) is 0 Å². The molecule has 2 unspecified atom stereocenters. The second kappa shape index (κ2) is 8.82. The molecule has 0 spiro atoms. The molecule has 25 heavy (non-hydrogen) atoms. The smallest absolute Gasteiger partial charge is 0.119 e. The Kier molecular flexibility index (Phi) is 6.25. The molecule has 1 fully saturated rings. The van der Waals surface area contributed by atoms with Gasteiger partial charge in [-0.15, -0.1) is 0 Å². The molecule has 0 aliphatic heterocycles. The molecule has 2 aromatic carbocycles. The standard InChI is InChI=1S/C19H24N2O4/c22-20-12-14-1-5-16(6-2-14)24-18-9-10-19(11-18)25-17-7-3-15(4-8-17)13-21-23/h1-8,18-23H,9-13H2. The molecule has 6 nitrogen and oxygen atoms in total. The molecule has 6 heteroatoms. The van der Waals surface area contributed by atoms with Crippen LogP contribution >= 0.6 is 0 Å². The van der Waals surface area contributed by atoms with Crippen molar-refractivity contribution >= 4 is 0 Å². The highest BCUT2D eigenvalue weighted by Crippen LogP contribution is 2.28. The van der Waals surface area contributed by atoms with Gasteiger partial charge < -0.3 is 19.9 Å². The third kappa shape index (κ3) is 5.17. The summed E-state index contributed by atoms with van der Waals surface area (Å²) in [6, 6.07) is 15.4.